The molecule has 8 nitrogen and oxygen atoms in total. The molecule has 5 rings (SSSR count). The van der Waals surface area contributed by atoms with Gasteiger partial charge in [-0.05, 0) is 35.7 Å². The largest absolute Gasteiger partial charge is 0.360 e. The molecule has 4 aromatic rings. The van der Waals surface area contributed by atoms with Gasteiger partial charge in [-0.2, -0.15) is 5.26 Å². The van der Waals surface area contributed by atoms with Gasteiger partial charge in [0.25, 0.3) is 0 Å². The molecule has 0 atom stereocenters. The second kappa shape index (κ2) is 10.1. The Kier molecular flexibility index (Phi) is 6.54. The number of benzene rings is 1. The minimum atomic E-state index is 0.0307. The van der Waals surface area contributed by atoms with Gasteiger partial charge in [-0.15, -0.1) is 0 Å². The van der Waals surface area contributed by atoms with Gasteiger partial charge in [0.05, 0.1) is 12.1 Å². The Hall–Kier alpha value is -4.38. The summed E-state index contributed by atoms with van der Waals surface area (Å²) in [5, 5.41) is 12.7. The van der Waals surface area contributed by atoms with E-state index in [1.165, 1.54) is 5.56 Å². The summed E-state index contributed by atoms with van der Waals surface area (Å²) in [6.45, 7) is 6.97. The molecule has 1 amide bonds. The van der Waals surface area contributed by atoms with Gasteiger partial charge in [0.1, 0.15) is 29.0 Å². The van der Waals surface area contributed by atoms with Crippen LogP contribution in [0.2, 0.25) is 0 Å². The zero-order valence-corrected chi connectivity index (χ0v) is 20.6. The van der Waals surface area contributed by atoms with Crippen molar-refractivity contribution < 1.29 is 4.79 Å². The number of nitrogens with one attached hydrogen (secondary N) is 1. The summed E-state index contributed by atoms with van der Waals surface area (Å²) in [5.74, 6) is 1.98. The molecule has 36 heavy (non-hydrogen) atoms. The van der Waals surface area contributed by atoms with Crippen molar-refractivity contribution in [2.75, 3.05) is 42.9 Å². The lowest BCUT2D eigenvalue weighted by Gasteiger charge is -2.35. The molecule has 0 spiro atoms. The van der Waals surface area contributed by atoms with E-state index < -0.39 is 0 Å². The Balaban J connectivity index is 1.29. The van der Waals surface area contributed by atoms with E-state index in [-0.39, 0.29) is 12.5 Å². The quantitative estimate of drug-likeness (QED) is 0.447. The predicted octanol–water partition coefficient (Wildman–Crippen LogP) is 4.15. The summed E-state index contributed by atoms with van der Waals surface area (Å²) >= 11 is 0. The number of nitrogens with zero attached hydrogens (tertiary/aromatic N) is 6. The van der Waals surface area contributed by atoms with Gasteiger partial charge in [-0.25, -0.2) is 9.97 Å². The van der Waals surface area contributed by atoms with Gasteiger partial charge in [-0.3, -0.25) is 9.20 Å². The molecule has 0 radical (unpaired) electrons. The maximum absolute atomic E-state index is 13.1. The van der Waals surface area contributed by atoms with Gasteiger partial charge in [0, 0.05) is 44.1 Å². The second-order valence-electron chi connectivity index (χ2n) is 9.22. The summed E-state index contributed by atoms with van der Waals surface area (Å²) in [4.78, 5) is 26.3. The van der Waals surface area contributed by atoms with Crippen LogP contribution in [0.3, 0.4) is 0 Å². The SMILES string of the molecule is CC(C)c1ccc(-c2nc3ccccn3c2NCC(=O)N2CCN(c3ncccc3C#N)CC2)cc1. The van der Waals surface area contributed by atoms with Crippen molar-refractivity contribution in [1.29, 1.82) is 5.26 Å². The zero-order chi connectivity index (χ0) is 25.1. The van der Waals surface area contributed by atoms with Gasteiger partial charge in [-0.1, -0.05) is 44.2 Å². The fourth-order valence-corrected chi connectivity index (χ4v) is 4.57. The van der Waals surface area contributed by atoms with Crippen LogP contribution in [-0.4, -0.2) is 57.9 Å². The molecule has 0 bridgehead atoms. The molecule has 1 aliphatic heterocycles. The predicted molar refractivity (Wildman–Crippen MR) is 141 cm³/mol. The lowest BCUT2D eigenvalue weighted by atomic mass is 10.0. The fourth-order valence-electron chi connectivity index (χ4n) is 4.57. The minimum absolute atomic E-state index is 0.0307. The number of anilines is 2. The van der Waals surface area contributed by atoms with Crippen LogP contribution in [0.5, 0.6) is 0 Å². The van der Waals surface area contributed by atoms with Crippen LogP contribution in [0.4, 0.5) is 11.6 Å². The third-order valence-electron chi connectivity index (χ3n) is 6.63. The number of imidazole rings is 1. The molecule has 1 aliphatic rings. The molecular weight excluding hydrogens is 450 g/mol. The van der Waals surface area contributed by atoms with Crippen LogP contribution in [0.15, 0.2) is 67.0 Å². The summed E-state index contributed by atoms with van der Waals surface area (Å²) in [5.41, 5.74) is 4.50. The first-order valence-electron chi connectivity index (χ1n) is 12.2. The van der Waals surface area contributed by atoms with Crippen LogP contribution >= 0.6 is 0 Å². The topological polar surface area (TPSA) is 89.6 Å². The lowest BCUT2D eigenvalue weighted by molar-refractivity contribution is -0.129. The number of rotatable bonds is 6. The summed E-state index contributed by atoms with van der Waals surface area (Å²) in [6.07, 6.45) is 3.65. The molecule has 1 N–H and O–H groups in total. The number of carbonyl (C=O) groups is 1. The highest BCUT2D eigenvalue weighted by Crippen LogP contribution is 2.30. The number of nitriles is 1. The Labute approximate surface area is 210 Å². The number of hydrogen-bond acceptors (Lipinski definition) is 6. The smallest absolute Gasteiger partial charge is 0.242 e. The van der Waals surface area contributed by atoms with Crippen LogP contribution in [0.25, 0.3) is 16.9 Å². The molecular formula is C28H29N7O. The molecule has 1 fully saturated rings. The van der Waals surface area contributed by atoms with Gasteiger partial charge < -0.3 is 15.1 Å². The van der Waals surface area contributed by atoms with Crippen LogP contribution in [-0.2, 0) is 4.79 Å². The monoisotopic (exact) mass is 479 g/mol. The summed E-state index contributed by atoms with van der Waals surface area (Å²) in [6, 6.07) is 20.1. The zero-order valence-electron chi connectivity index (χ0n) is 20.6. The first-order valence-corrected chi connectivity index (χ1v) is 12.2. The van der Waals surface area contributed by atoms with Crippen molar-refractivity contribution in [2.45, 2.75) is 19.8 Å². The molecule has 0 saturated carbocycles. The Morgan fingerprint density at radius 2 is 1.83 bits per heavy atom. The number of aromatic nitrogens is 3. The van der Waals surface area contributed by atoms with E-state index in [9.17, 15) is 10.1 Å². The van der Waals surface area contributed by atoms with E-state index in [0.717, 1.165) is 22.7 Å². The maximum atomic E-state index is 13.1. The number of hydrogen-bond donors (Lipinski definition) is 1. The van der Waals surface area contributed by atoms with E-state index in [4.69, 9.17) is 4.98 Å². The maximum Gasteiger partial charge on any atom is 0.242 e. The van der Waals surface area contributed by atoms with E-state index in [1.807, 2.05) is 33.7 Å². The van der Waals surface area contributed by atoms with Crippen molar-refractivity contribution in [1.82, 2.24) is 19.3 Å². The highest BCUT2D eigenvalue weighted by molar-refractivity contribution is 5.84. The normalized spacial score (nSPS) is 13.7. The number of carbonyl (C=O) groups excluding carboxylic acids is 1. The van der Waals surface area contributed by atoms with Crippen molar-refractivity contribution >= 4 is 23.2 Å². The molecule has 182 valence electrons. The van der Waals surface area contributed by atoms with Crippen LogP contribution < -0.4 is 10.2 Å². The highest BCUT2D eigenvalue weighted by Gasteiger charge is 2.24. The molecule has 4 heterocycles. The second-order valence-corrected chi connectivity index (χ2v) is 9.22. The molecule has 1 saturated heterocycles. The average Bonchev–Trinajstić information content (AvgIpc) is 3.30. The van der Waals surface area contributed by atoms with Crippen LogP contribution in [0.1, 0.15) is 30.9 Å². The standard InChI is InChI=1S/C28H29N7O/c1-20(2)21-8-10-22(11-9-21)26-28(35-13-4-3-7-24(35)32-26)31-19-25(36)33-14-16-34(17-15-33)27-23(18-29)6-5-12-30-27/h3-13,20,31H,14-17,19H2,1-2H3. The highest BCUT2D eigenvalue weighted by atomic mass is 16.2. The number of pyridine rings is 2. The van der Waals surface area contributed by atoms with Crippen molar-refractivity contribution in [3.05, 3.63) is 78.1 Å². The van der Waals surface area contributed by atoms with E-state index in [2.05, 4.69) is 59.4 Å². The van der Waals surface area contributed by atoms with E-state index in [1.54, 1.807) is 18.3 Å². The van der Waals surface area contributed by atoms with Crippen molar-refractivity contribution in [3.8, 4) is 17.3 Å². The van der Waals surface area contributed by atoms with Gasteiger partial charge >= 0.3 is 0 Å². The average molecular weight is 480 g/mol. The number of fused-ring (bicyclic) bond motifs is 1. The van der Waals surface area contributed by atoms with E-state index >= 15 is 0 Å². The number of amides is 1. The molecule has 3 aromatic heterocycles. The Bertz CT molecular complexity index is 1410. The van der Waals surface area contributed by atoms with Crippen LogP contribution in [0, 0.1) is 11.3 Å². The van der Waals surface area contributed by atoms with Crippen molar-refractivity contribution in [3.63, 3.8) is 0 Å². The van der Waals surface area contributed by atoms with Gasteiger partial charge in [0.15, 0.2) is 0 Å². The molecule has 0 aliphatic carbocycles. The van der Waals surface area contributed by atoms with Crippen molar-refractivity contribution in [2.24, 2.45) is 0 Å². The number of piperazine rings is 1. The first kappa shape index (κ1) is 23.4. The third kappa shape index (κ3) is 4.60. The third-order valence-corrected chi connectivity index (χ3v) is 6.63. The van der Waals surface area contributed by atoms with E-state index in [0.29, 0.717) is 43.5 Å². The summed E-state index contributed by atoms with van der Waals surface area (Å²) in [7, 11) is 0. The molecule has 0 unspecified atom stereocenters. The molecule has 8 heteroatoms. The fraction of sp³-hybridized carbons (Fsp3) is 0.286. The Morgan fingerprint density at radius 1 is 1.06 bits per heavy atom. The minimum Gasteiger partial charge on any atom is -0.360 e. The van der Waals surface area contributed by atoms with Gasteiger partial charge in [0.2, 0.25) is 5.91 Å². The summed E-state index contributed by atoms with van der Waals surface area (Å²) < 4.78 is 1.99. The lowest BCUT2D eigenvalue weighted by Crippen LogP contribution is -2.50. The first-order chi connectivity index (χ1) is 17.5. The Morgan fingerprint density at radius 3 is 2.56 bits per heavy atom. The molecule has 1 aromatic carbocycles.